The van der Waals surface area contributed by atoms with Crippen LogP contribution in [-0.4, -0.2) is 15.7 Å². The fourth-order valence-corrected chi connectivity index (χ4v) is 3.53. The number of hydrogen-bond acceptors (Lipinski definition) is 2. The molecule has 0 unspecified atom stereocenters. The lowest BCUT2D eigenvalue weighted by atomic mass is 9.91. The highest BCUT2D eigenvalue weighted by Crippen LogP contribution is 2.35. The topological polar surface area (TPSA) is 46.9 Å². The number of amides is 1. The minimum Gasteiger partial charge on any atom is -0.349 e. The average molecular weight is 311 g/mol. The summed E-state index contributed by atoms with van der Waals surface area (Å²) < 4.78 is 1.78. The molecule has 0 bridgehead atoms. The molecular formula is C19H25N3O. The van der Waals surface area contributed by atoms with Gasteiger partial charge in [0.2, 0.25) is 5.91 Å². The van der Waals surface area contributed by atoms with Crippen LogP contribution in [0.1, 0.15) is 49.3 Å². The normalized spacial score (nSPS) is 16.4. The van der Waals surface area contributed by atoms with Gasteiger partial charge >= 0.3 is 0 Å². The van der Waals surface area contributed by atoms with Crippen LogP contribution in [0.5, 0.6) is 0 Å². The zero-order valence-corrected chi connectivity index (χ0v) is 13.7. The van der Waals surface area contributed by atoms with Crippen LogP contribution in [0.25, 0.3) is 0 Å². The molecule has 1 aromatic heterocycles. The molecule has 1 N–H and O–H groups in total. The number of aromatic nitrogens is 2. The highest BCUT2D eigenvalue weighted by atomic mass is 16.1. The first-order chi connectivity index (χ1) is 11.2. The van der Waals surface area contributed by atoms with Gasteiger partial charge in [-0.25, -0.2) is 0 Å². The first kappa shape index (κ1) is 15.8. The summed E-state index contributed by atoms with van der Waals surface area (Å²) in [4.78, 5) is 12.4. The van der Waals surface area contributed by atoms with E-state index in [4.69, 9.17) is 0 Å². The number of rotatable bonds is 6. The number of aryl methyl sites for hydroxylation is 2. The van der Waals surface area contributed by atoms with Gasteiger partial charge in [-0.1, -0.05) is 43.2 Å². The van der Waals surface area contributed by atoms with Crippen LogP contribution in [0, 0.1) is 5.92 Å². The molecule has 3 rings (SSSR count). The van der Waals surface area contributed by atoms with Crippen LogP contribution >= 0.6 is 0 Å². The second kappa shape index (κ2) is 7.44. The lowest BCUT2D eigenvalue weighted by Gasteiger charge is -2.25. The zero-order chi connectivity index (χ0) is 16.1. The second-order valence-corrected chi connectivity index (χ2v) is 6.52. The molecule has 122 valence electrons. The van der Waals surface area contributed by atoms with Crippen molar-refractivity contribution < 1.29 is 4.79 Å². The third-order valence-corrected chi connectivity index (χ3v) is 4.75. The average Bonchev–Trinajstić information content (AvgIpc) is 3.23. The van der Waals surface area contributed by atoms with Crippen molar-refractivity contribution in [1.82, 2.24) is 15.1 Å². The van der Waals surface area contributed by atoms with Crippen LogP contribution in [0.3, 0.4) is 0 Å². The van der Waals surface area contributed by atoms with Crippen molar-refractivity contribution in [2.24, 2.45) is 13.0 Å². The van der Waals surface area contributed by atoms with Crippen molar-refractivity contribution in [3.8, 4) is 0 Å². The molecule has 1 fully saturated rings. The van der Waals surface area contributed by atoms with Crippen LogP contribution in [0.4, 0.5) is 0 Å². The largest absolute Gasteiger partial charge is 0.349 e. The van der Waals surface area contributed by atoms with Gasteiger partial charge in [-0.15, -0.1) is 0 Å². The predicted octanol–water partition coefficient (Wildman–Crippen LogP) is 3.40. The van der Waals surface area contributed by atoms with Crippen molar-refractivity contribution >= 4 is 5.91 Å². The Morgan fingerprint density at radius 2 is 2.04 bits per heavy atom. The summed E-state index contributed by atoms with van der Waals surface area (Å²) in [5.41, 5.74) is 2.34. The Morgan fingerprint density at radius 1 is 1.30 bits per heavy atom. The zero-order valence-electron chi connectivity index (χ0n) is 13.7. The van der Waals surface area contributed by atoms with Crippen LogP contribution in [0.2, 0.25) is 0 Å². The Morgan fingerprint density at radius 3 is 2.70 bits per heavy atom. The maximum absolute atomic E-state index is 12.4. The maximum Gasteiger partial charge on any atom is 0.220 e. The molecule has 1 saturated carbocycles. The molecule has 23 heavy (non-hydrogen) atoms. The Balaban J connectivity index is 1.62. The van der Waals surface area contributed by atoms with E-state index in [0.717, 1.165) is 12.0 Å². The highest BCUT2D eigenvalue weighted by Gasteiger charge is 2.27. The number of nitrogens with zero attached hydrogens (tertiary/aromatic N) is 2. The molecular weight excluding hydrogens is 286 g/mol. The van der Waals surface area contributed by atoms with Gasteiger partial charge in [0.25, 0.3) is 0 Å². The van der Waals surface area contributed by atoms with Crippen LogP contribution < -0.4 is 5.32 Å². The first-order valence-electron chi connectivity index (χ1n) is 8.54. The molecule has 1 heterocycles. The summed E-state index contributed by atoms with van der Waals surface area (Å²) in [6.45, 7) is 0. The van der Waals surface area contributed by atoms with Gasteiger partial charge in [0.15, 0.2) is 0 Å². The minimum atomic E-state index is 0.134. The van der Waals surface area contributed by atoms with Gasteiger partial charge in [0.05, 0.1) is 12.2 Å². The Hall–Kier alpha value is -2.10. The van der Waals surface area contributed by atoms with Gasteiger partial charge in [-0.2, -0.15) is 5.10 Å². The molecule has 2 aromatic rings. The van der Waals surface area contributed by atoms with Gasteiger partial charge in [0.1, 0.15) is 0 Å². The molecule has 1 aliphatic rings. The molecule has 4 heteroatoms. The van der Waals surface area contributed by atoms with E-state index in [-0.39, 0.29) is 11.9 Å². The summed E-state index contributed by atoms with van der Waals surface area (Å²) in [5, 5.41) is 7.44. The van der Waals surface area contributed by atoms with Crippen LogP contribution in [-0.2, 0) is 18.3 Å². The molecule has 0 saturated heterocycles. The minimum absolute atomic E-state index is 0.134. The van der Waals surface area contributed by atoms with E-state index in [1.807, 2.05) is 25.5 Å². The summed E-state index contributed by atoms with van der Waals surface area (Å²) in [6.07, 6.45) is 10.0. The smallest absolute Gasteiger partial charge is 0.220 e. The summed E-state index contributed by atoms with van der Waals surface area (Å²) in [7, 11) is 1.90. The van der Waals surface area contributed by atoms with Gasteiger partial charge in [-0.3, -0.25) is 9.48 Å². The van der Waals surface area contributed by atoms with Gasteiger partial charge < -0.3 is 5.32 Å². The Kier molecular flexibility index (Phi) is 5.11. The fraction of sp³-hybridized carbons (Fsp3) is 0.474. The van der Waals surface area contributed by atoms with E-state index in [0.29, 0.717) is 12.3 Å². The molecule has 4 nitrogen and oxygen atoms in total. The molecule has 0 spiro atoms. The molecule has 1 aromatic carbocycles. The standard InChI is InChI=1S/C19H25N3O/c1-22-14-15(13-20-22)11-12-18(23)21-19(17-9-5-6-10-17)16-7-3-2-4-8-16/h2-4,7-8,13-14,17,19H,5-6,9-12H2,1H3,(H,21,23)/t19-/m0/s1. The quantitative estimate of drug-likeness (QED) is 0.889. The fourth-order valence-electron chi connectivity index (χ4n) is 3.53. The maximum atomic E-state index is 12.4. The third-order valence-electron chi connectivity index (χ3n) is 4.75. The molecule has 1 atom stereocenters. The number of nitrogens with one attached hydrogen (secondary N) is 1. The Labute approximate surface area is 137 Å². The van der Waals surface area contributed by atoms with E-state index in [1.54, 1.807) is 4.68 Å². The van der Waals surface area contributed by atoms with Gasteiger partial charge in [-0.05, 0) is 36.3 Å². The molecule has 0 radical (unpaired) electrons. The van der Waals surface area contributed by atoms with E-state index in [2.05, 4.69) is 34.7 Å². The van der Waals surface area contributed by atoms with Crippen molar-refractivity contribution in [3.05, 3.63) is 53.9 Å². The van der Waals surface area contributed by atoms with E-state index in [9.17, 15) is 4.79 Å². The summed E-state index contributed by atoms with van der Waals surface area (Å²) in [6, 6.07) is 10.5. The second-order valence-electron chi connectivity index (χ2n) is 6.52. The predicted molar refractivity (Wildman–Crippen MR) is 90.8 cm³/mol. The number of hydrogen-bond donors (Lipinski definition) is 1. The SMILES string of the molecule is Cn1cc(CCC(=O)N[C@@H](c2ccccc2)C2CCCC2)cn1. The summed E-state index contributed by atoms with van der Waals surface area (Å²) >= 11 is 0. The molecule has 1 aliphatic carbocycles. The third kappa shape index (κ3) is 4.21. The molecule has 0 aliphatic heterocycles. The Bertz CT molecular complexity index is 629. The van der Waals surface area contributed by atoms with E-state index in [1.165, 1.54) is 31.2 Å². The monoisotopic (exact) mass is 311 g/mol. The summed E-state index contributed by atoms with van der Waals surface area (Å²) in [5.74, 6) is 0.703. The number of benzene rings is 1. The van der Waals surface area contributed by atoms with Crippen molar-refractivity contribution in [2.45, 2.75) is 44.6 Å². The van der Waals surface area contributed by atoms with E-state index >= 15 is 0 Å². The number of carbonyl (C=O) groups is 1. The molecule has 1 amide bonds. The van der Waals surface area contributed by atoms with Gasteiger partial charge in [0, 0.05) is 19.7 Å². The van der Waals surface area contributed by atoms with Crippen molar-refractivity contribution in [2.75, 3.05) is 0 Å². The van der Waals surface area contributed by atoms with E-state index < -0.39 is 0 Å². The highest BCUT2D eigenvalue weighted by molar-refractivity contribution is 5.76. The van der Waals surface area contributed by atoms with Crippen molar-refractivity contribution in [1.29, 1.82) is 0 Å². The lowest BCUT2D eigenvalue weighted by Crippen LogP contribution is -2.32. The van der Waals surface area contributed by atoms with Crippen molar-refractivity contribution in [3.63, 3.8) is 0 Å². The first-order valence-corrected chi connectivity index (χ1v) is 8.54. The van der Waals surface area contributed by atoms with Crippen LogP contribution in [0.15, 0.2) is 42.7 Å². The lowest BCUT2D eigenvalue weighted by molar-refractivity contribution is -0.122. The number of carbonyl (C=O) groups excluding carboxylic acids is 1.